The normalized spacial score (nSPS) is 14.0. The number of rotatable bonds is 6. The van der Waals surface area contributed by atoms with Crippen LogP contribution in [0.15, 0.2) is 229 Å². The summed E-state index contributed by atoms with van der Waals surface area (Å²) in [6.07, 6.45) is 0. The van der Waals surface area contributed by atoms with Crippen LogP contribution in [0.2, 0.25) is 0 Å². The van der Waals surface area contributed by atoms with Crippen LogP contribution in [0.5, 0.6) is 0 Å². The molecular weight excluding hydrogens is 775 g/mol. The molecule has 1 aromatic heterocycles. The summed E-state index contributed by atoms with van der Waals surface area (Å²) in [6.45, 7) is 4.73. The lowest BCUT2D eigenvalue weighted by Crippen LogP contribution is -2.28. The van der Waals surface area contributed by atoms with Crippen molar-refractivity contribution in [2.24, 2.45) is 0 Å². The predicted octanol–water partition coefficient (Wildman–Crippen LogP) is 16.5. The summed E-state index contributed by atoms with van der Waals surface area (Å²) in [5, 5.41) is 4.48. The van der Waals surface area contributed by atoms with Crippen molar-refractivity contribution in [1.29, 1.82) is 0 Å². The molecule has 11 aromatic rings. The van der Waals surface area contributed by atoms with Gasteiger partial charge in [-0.25, -0.2) is 0 Å². The average Bonchev–Trinajstić information content (AvgIpc) is 3.97. The van der Waals surface area contributed by atoms with Crippen LogP contribution < -0.4 is 4.90 Å². The second-order valence-electron chi connectivity index (χ2n) is 18.0. The zero-order valence-corrected chi connectivity index (χ0v) is 35.7. The molecule has 2 aliphatic carbocycles. The standard InChI is InChI=1S/C62H43NO/c1-61(2)53-28-16-14-26-48(53)50-34-31-44(38-55(50)61)63(57-37-36-46(40-18-6-3-7-19-40)58-52-33-30-41-20-12-13-25-47(41)59(52)64-60(57)58)45-32-35-51-49-27-15-17-29-54(49)62(56(51)39-45,42-21-8-4-9-22-42)43-23-10-5-11-24-43/h3-39H,1-2H3. The van der Waals surface area contributed by atoms with Gasteiger partial charge in [0.1, 0.15) is 5.58 Å². The van der Waals surface area contributed by atoms with Crippen molar-refractivity contribution in [2.45, 2.75) is 24.7 Å². The van der Waals surface area contributed by atoms with E-state index in [1.807, 2.05) is 0 Å². The molecule has 0 spiro atoms. The molecule has 0 unspecified atom stereocenters. The molecule has 0 N–H and O–H groups in total. The van der Waals surface area contributed by atoms with Crippen molar-refractivity contribution in [3.05, 3.63) is 258 Å². The largest absolute Gasteiger partial charge is 0.453 e. The maximum atomic E-state index is 7.35. The number of benzene rings is 10. The van der Waals surface area contributed by atoms with E-state index in [2.05, 4.69) is 243 Å². The molecule has 0 atom stereocenters. The summed E-state index contributed by atoms with van der Waals surface area (Å²) in [6, 6.07) is 82.7. The van der Waals surface area contributed by atoms with Gasteiger partial charge in [-0.05, 0) is 109 Å². The van der Waals surface area contributed by atoms with Crippen molar-refractivity contribution in [2.75, 3.05) is 4.90 Å². The lowest BCUT2D eigenvalue weighted by molar-refractivity contribution is 0.660. The quantitative estimate of drug-likeness (QED) is 0.166. The Bertz CT molecular complexity index is 3600. The van der Waals surface area contributed by atoms with Gasteiger partial charge in [0.15, 0.2) is 5.58 Å². The highest BCUT2D eigenvalue weighted by Crippen LogP contribution is 2.58. The predicted molar refractivity (Wildman–Crippen MR) is 266 cm³/mol. The zero-order valence-electron chi connectivity index (χ0n) is 35.7. The minimum Gasteiger partial charge on any atom is -0.453 e. The van der Waals surface area contributed by atoms with E-state index < -0.39 is 5.41 Å². The molecular formula is C62H43NO. The van der Waals surface area contributed by atoms with Gasteiger partial charge in [0.25, 0.3) is 0 Å². The molecule has 2 aliphatic rings. The van der Waals surface area contributed by atoms with Crippen molar-refractivity contribution in [3.8, 4) is 33.4 Å². The Balaban J connectivity index is 1.13. The fraction of sp³-hybridized carbons (Fsp3) is 0.0645. The van der Waals surface area contributed by atoms with E-state index >= 15 is 0 Å². The summed E-state index contributed by atoms with van der Waals surface area (Å²) in [5.41, 5.74) is 19.3. The number of hydrogen-bond acceptors (Lipinski definition) is 2. The summed E-state index contributed by atoms with van der Waals surface area (Å²) in [5.74, 6) is 0. The Morgan fingerprint density at radius 1 is 0.375 bits per heavy atom. The highest BCUT2D eigenvalue weighted by atomic mass is 16.3. The van der Waals surface area contributed by atoms with Gasteiger partial charge < -0.3 is 9.32 Å². The maximum absolute atomic E-state index is 7.35. The van der Waals surface area contributed by atoms with E-state index in [1.165, 1.54) is 55.6 Å². The summed E-state index contributed by atoms with van der Waals surface area (Å²) in [4.78, 5) is 2.46. The van der Waals surface area contributed by atoms with Crippen molar-refractivity contribution >= 4 is 49.8 Å². The lowest BCUT2D eigenvalue weighted by Gasteiger charge is -2.35. The second kappa shape index (κ2) is 13.8. The fourth-order valence-electron chi connectivity index (χ4n) is 11.5. The Kier molecular flexibility index (Phi) is 7.90. The first kappa shape index (κ1) is 36.7. The Hall–Kier alpha value is -7.94. The van der Waals surface area contributed by atoms with Crippen LogP contribution in [0.4, 0.5) is 17.1 Å². The first-order valence-corrected chi connectivity index (χ1v) is 22.3. The number of anilines is 3. The zero-order chi connectivity index (χ0) is 42.6. The molecule has 0 aliphatic heterocycles. The van der Waals surface area contributed by atoms with Crippen LogP contribution in [0.3, 0.4) is 0 Å². The van der Waals surface area contributed by atoms with E-state index in [1.54, 1.807) is 0 Å². The van der Waals surface area contributed by atoms with Gasteiger partial charge in [0, 0.05) is 32.9 Å². The van der Waals surface area contributed by atoms with Gasteiger partial charge in [-0.3, -0.25) is 0 Å². The van der Waals surface area contributed by atoms with Gasteiger partial charge in [0.05, 0.1) is 11.1 Å². The van der Waals surface area contributed by atoms with Crippen molar-refractivity contribution < 1.29 is 4.42 Å². The fourth-order valence-corrected chi connectivity index (χ4v) is 11.5. The molecule has 13 rings (SSSR count). The summed E-state index contributed by atoms with van der Waals surface area (Å²) < 4.78 is 7.35. The molecule has 0 amide bonds. The second-order valence-corrected chi connectivity index (χ2v) is 18.0. The molecule has 2 nitrogen and oxygen atoms in total. The van der Waals surface area contributed by atoms with Crippen molar-refractivity contribution in [3.63, 3.8) is 0 Å². The van der Waals surface area contributed by atoms with Gasteiger partial charge in [0.2, 0.25) is 0 Å². The van der Waals surface area contributed by atoms with Crippen LogP contribution in [0, 0.1) is 0 Å². The molecule has 1 heterocycles. The molecule has 0 bridgehead atoms. The number of hydrogen-bond donors (Lipinski definition) is 0. The molecule has 0 radical (unpaired) electrons. The van der Waals surface area contributed by atoms with E-state index in [9.17, 15) is 0 Å². The van der Waals surface area contributed by atoms with E-state index in [-0.39, 0.29) is 5.41 Å². The van der Waals surface area contributed by atoms with Gasteiger partial charge >= 0.3 is 0 Å². The lowest BCUT2D eigenvalue weighted by atomic mass is 9.67. The third-order valence-corrected chi connectivity index (χ3v) is 14.3. The molecule has 0 saturated carbocycles. The van der Waals surface area contributed by atoms with Crippen LogP contribution in [0.25, 0.3) is 66.1 Å². The Morgan fingerprint density at radius 3 is 1.61 bits per heavy atom. The maximum Gasteiger partial charge on any atom is 0.160 e. The monoisotopic (exact) mass is 817 g/mol. The molecule has 0 saturated heterocycles. The minimum absolute atomic E-state index is 0.187. The molecule has 302 valence electrons. The van der Waals surface area contributed by atoms with Crippen LogP contribution in [0.1, 0.15) is 47.2 Å². The van der Waals surface area contributed by atoms with Gasteiger partial charge in [-0.15, -0.1) is 0 Å². The molecule has 10 aromatic carbocycles. The van der Waals surface area contributed by atoms with E-state index in [0.29, 0.717) is 0 Å². The van der Waals surface area contributed by atoms with Crippen molar-refractivity contribution in [1.82, 2.24) is 0 Å². The van der Waals surface area contributed by atoms with E-state index in [4.69, 9.17) is 4.42 Å². The Morgan fingerprint density at radius 2 is 0.906 bits per heavy atom. The molecule has 0 fully saturated rings. The van der Waals surface area contributed by atoms with E-state index in [0.717, 1.165) is 60.9 Å². The molecule has 64 heavy (non-hydrogen) atoms. The number of nitrogens with zero attached hydrogens (tertiary/aromatic N) is 1. The SMILES string of the molecule is CC1(C)c2ccccc2-c2ccc(N(c3ccc4c(c3)C(c3ccccc3)(c3ccccc3)c3ccccc3-4)c3ccc(-c4ccccc4)c4c3oc3c5ccccc5ccc34)cc21. The molecule has 2 heteroatoms. The smallest absolute Gasteiger partial charge is 0.160 e. The average molecular weight is 818 g/mol. The third-order valence-electron chi connectivity index (χ3n) is 14.3. The highest BCUT2D eigenvalue weighted by Gasteiger charge is 2.46. The van der Waals surface area contributed by atoms with Gasteiger partial charge in [-0.1, -0.05) is 202 Å². The van der Waals surface area contributed by atoms with Crippen LogP contribution >= 0.6 is 0 Å². The Labute approximate surface area is 373 Å². The van der Waals surface area contributed by atoms with Gasteiger partial charge in [-0.2, -0.15) is 0 Å². The summed E-state index contributed by atoms with van der Waals surface area (Å²) >= 11 is 0. The summed E-state index contributed by atoms with van der Waals surface area (Å²) in [7, 11) is 0. The number of furan rings is 1. The minimum atomic E-state index is -0.553. The third kappa shape index (κ3) is 5.08. The first-order chi connectivity index (χ1) is 31.5. The van der Waals surface area contributed by atoms with Crippen LogP contribution in [-0.2, 0) is 10.8 Å². The number of fused-ring (bicyclic) bond motifs is 11. The topological polar surface area (TPSA) is 16.4 Å². The highest BCUT2D eigenvalue weighted by molar-refractivity contribution is 6.22. The first-order valence-electron chi connectivity index (χ1n) is 22.3. The van der Waals surface area contributed by atoms with Crippen LogP contribution in [-0.4, -0.2) is 0 Å².